The molecule has 144 valence electrons. The lowest BCUT2D eigenvalue weighted by Crippen LogP contribution is -2.26. The van der Waals surface area contributed by atoms with Gasteiger partial charge in [-0.25, -0.2) is 9.59 Å². The van der Waals surface area contributed by atoms with E-state index >= 15 is 0 Å². The molecule has 1 atom stereocenters. The van der Waals surface area contributed by atoms with Gasteiger partial charge in [-0.15, -0.1) is 0 Å². The number of nitrogens with one attached hydrogen (secondary N) is 1. The van der Waals surface area contributed by atoms with Crippen LogP contribution in [-0.4, -0.2) is 35.4 Å². The molecule has 7 nitrogen and oxygen atoms in total. The van der Waals surface area contributed by atoms with Crippen LogP contribution in [0.2, 0.25) is 0 Å². The number of benzene rings is 1. The molecular formula is C20H24N2O5. The molecule has 1 aromatic carbocycles. The van der Waals surface area contributed by atoms with E-state index in [0.29, 0.717) is 22.5 Å². The van der Waals surface area contributed by atoms with E-state index in [-0.39, 0.29) is 17.9 Å². The predicted octanol–water partition coefficient (Wildman–Crippen LogP) is 3.13. The van der Waals surface area contributed by atoms with E-state index in [1.165, 1.54) is 6.92 Å². The van der Waals surface area contributed by atoms with Crippen molar-refractivity contribution in [2.24, 2.45) is 0 Å². The number of para-hydroxylation sites is 1. The van der Waals surface area contributed by atoms with Crippen molar-refractivity contribution in [2.75, 3.05) is 12.3 Å². The molecule has 7 heteroatoms. The Morgan fingerprint density at radius 1 is 1.15 bits per heavy atom. The maximum atomic E-state index is 12.7. The molecule has 0 saturated heterocycles. The molecule has 0 aliphatic heterocycles. The largest absolute Gasteiger partial charge is 0.462 e. The number of Topliss-reactive ketones (excluding diaryl/α,β-unsaturated/α-hetero) is 1. The van der Waals surface area contributed by atoms with Crippen LogP contribution in [0.3, 0.4) is 0 Å². The average Bonchev–Trinajstić information content (AvgIpc) is 2.91. The molecule has 0 aliphatic carbocycles. The number of hydrogen-bond donors (Lipinski definition) is 2. The highest BCUT2D eigenvalue weighted by Crippen LogP contribution is 2.22. The SMILES string of the molecule is CCOC(=O)c1c(C)[nH]c(C(=O)[C@@H](C)OC(=O)c2cccc(C)c2N)c1C. The van der Waals surface area contributed by atoms with Crippen molar-refractivity contribution in [3.05, 3.63) is 51.8 Å². The van der Waals surface area contributed by atoms with Crippen molar-refractivity contribution in [1.29, 1.82) is 0 Å². The number of carbonyl (C=O) groups is 3. The first kappa shape index (κ1) is 20.2. The quantitative estimate of drug-likeness (QED) is 0.458. The molecule has 1 aromatic heterocycles. The molecule has 0 aliphatic rings. The zero-order chi connectivity index (χ0) is 20.3. The van der Waals surface area contributed by atoms with E-state index in [0.717, 1.165) is 5.56 Å². The Morgan fingerprint density at radius 2 is 1.81 bits per heavy atom. The van der Waals surface area contributed by atoms with Crippen molar-refractivity contribution >= 4 is 23.4 Å². The second-order valence-electron chi connectivity index (χ2n) is 6.29. The van der Waals surface area contributed by atoms with Gasteiger partial charge in [-0.05, 0) is 51.8 Å². The first-order valence-electron chi connectivity index (χ1n) is 8.65. The molecule has 2 rings (SSSR count). The van der Waals surface area contributed by atoms with Gasteiger partial charge in [0, 0.05) is 11.4 Å². The van der Waals surface area contributed by atoms with Gasteiger partial charge in [0.1, 0.15) is 0 Å². The fraction of sp³-hybridized carbons (Fsp3) is 0.350. The molecule has 0 bridgehead atoms. The number of hydrogen-bond acceptors (Lipinski definition) is 6. The first-order chi connectivity index (χ1) is 12.7. The van der Waals surface area contributed by atoms with Crippen LogP contribution in [0.4, 0.5) is 5.69 Å². The summed E-state index contributed by atoms with van der Waals surface area (Å²) in [5.74, 6) is -1.62. The summed E-state index contributed by atoms with van der Waals surface area (Å²) in [6.07, 6.45) is -1.05. The van der Waals surface area contributed by atoms with Gasteiger partial charge < -0.3 is 20.2 Å². The van der Waals surface area contributed by atoms with Crippen LogP contribution in [0.5, 0.6) is 0 Å². The average molecular weight is 372 g/mol. The van der Waals surface area contributed by atoms with E-state index < -0.39 is 23.8 Å². The Labute approximate surface area is 157 Å². The Morgan fingerprint density at radius 3 is 2.44 bits per heavy atom. The highest BCUT2D eigenvalue weighted by Gasteiger charge is 2.28. The number of esters is 2. The number of carbonyl (C=O) groups excluding carboxylic acids is 3. The molecule has 1 heterocycles. The van der Waals surface area contributed by atoms with Crippen LogP contribution in [0.15, 0.2) is 18.2 Å². The minimum Gasteiger partial charge on any atom is -0.462 e. The zero-order valence-corrected chi connectivity index (χ0v) is 16.1. The molecule has 0 spiro atoms. The van der Waals surface area contributed by atoms with Crippen LogP contribution in [-0.2, 0) is 9.47 Å². The van der Waals surface area contributed by atoms with Gasteiger partial charge in [0.2, 0.25) is 5.78 Å². The Kier molecular flexibility index (Phi) is 6.05. The molecule has 3 N–H and O–H groups in total. The van der Waals surface area contributed by atoms with Crippen molar-refractivity contribution in [2.45, 2.75) is 40.7 Å². The third kappa shape index (κ3) is 4.02. The predicted molar refractivity (Wildman–Crippen MR) is 101 cm³/mol. The number of ketones is 1. The van der Waals surface area contributed by atoms with Crippen molar-refractivity contribution in [3.8, 4) is 0 Å². The van der Waals surface area contributed by atoms with Gasteiger partial charge in [0.05, 0.1) is 23.4 Å². The van der Waals surface area contributed by atoms with E-state index in [1.54, 1.807) is 45.9 Å². The number of rotatable bonds is 6. The minimum atomic E-state index is -1.05. The summed E-state index contributed by atoms with van der Waals surface area (Å²) >= 11 is 0. The Bertz CT molecular complexity index is 898. The molecular weight excluding hydrogens is 348 g/mol. The second kappa shape index (κ2) is 8.07. The molecule has 0 radical (unpaired) electrons. The summed E-state index contributed by atoms with van der Waals surface area (Å²) in [7, 11) is 0. The molecule has 2 aromatic rings. The zero-order valence-electron chi connectivity index (χ0n) is 16.1. The van der Waals surface area contributed by atoms with E-state index in [1.807, 2.05) is 0 Å². The molecule has 0 fully saturated rings. The Balaban J connectivity index is 2.23. The lowest BCUT2D eigenvalue weighted by atomic mass is 10.1. The van der Waals surface area contributed by atoms with Crippen LogP contribution >= 0.6 is 0 Å². The van der Waals surface area contributed by atoms with Gasteiger partial charge in [-0.1, -0.05) is 12.1 Å². The van der Waals surface area contributed by atoms with E-state index in [9.17, 15) is 14.4 Å². The maximum Gasteiger partial charge on any atom is 0.340 e. The molecule has 0 unspecified atom stereocenters. The summed E-state index contributed by atoms with van der Waals surface area (Å²) in [5, 5.41) is 0. The smallest absolute Gasteiger partial charge is 0.340 e. The number of aromatic nitrogens is 1. The van der Waals surface area contributed by atoms with Crippen LogP contribution in [0, 0.1) is 20.8 Å². The van der Waals surface area contributed by atoms with Gasteiger partial charge in [-0.3, -0.25) is 4.79 Å². The monoisotopic (exact) mass is 372 g/mol. The standard InChI is InChI=1S/C20H24N2O5/c1-6-26-20(25)15-11(3)17(22-12(15)4)18(23)13(5)27-19(24)14-9-7-8-10(2)16(14)21/h7-9,13,22H,6,21H2,1-5H3/t13-/m1/s1. The minimum absolute atomic E-state index is 0.209. The summed E-state index contributed by atoms with van der Waals surface area (Å²) in [6.45, 7) is 8.53. The van der Waals surface area contributed by atoms with Crippen LogP contribution < -0.4 is 5.73 Å². The van der Waals surface area contributed by atoms with Crippen molar-refractivity contribution < 1.29 is 23.9 Å². The number of anilines is 1. The van der Waals surface area contributed by atoms with Crippen molar-refractivity contribution in [1.82, 2.24) is 4.98 Å². The van der Waals surface area contributed by atoms with Crippen LogP contribution in [0.25, 0.3) is 0 Å². The lowest BCUT2D eigenvalue weighted by molar-refractivity contribution is 0.0317. The molecule has 0 saturated carbocycles. The topological polar surface area (TPSA) is 111 Å². The third-order valence-electron chi connectivity index (χ3n) is 4.36. The summed E-state index contributed by atoms with van der Waals surface area (Å²) in [5.41, 5.74) is 8.72. The maximum absolute atomic E-state index is 12.7. The fourth-order valence-corrected chi connectivity index (χ4v) is 2.85. The molecule has 0 amide bonds. The van der Waals surface area contributed by atoms with E-state index in [2.05, 4.69) is 4.98 Å². The lowest BCUT2D eigenvalue weighted by Gasteiger charge is -2.14. The highest BCUT2D eigenvalue weighted by molar-refractivity contribution is 6.05. The third-order valence-corrected chi connectivity index (χ3v) is 4.36. The van der Waals surface area contributed by atoms with Crippen molar-refractivity contribution in [3.63, 3.8) is 0 Å². The van der Waals surface area contributed by atoms with Crippen LogP contribution in [0.1, 0.15) is 61.9 Å². The molecule has 27 heavy (non-hydrogen) atoms. The second-order valence-corrected chi connectivity index (χ2v) is 6.29. The Hall–Kier alpha value is -3.09. The number of H-pyrrole nitrogens is 1. The van der Waals surface area contributed by atoms with Gasteiger partial charge in [-0.2, -0.15) is 0 Å². The number of aromatic amines is 1. The number of ether oxygens (including phenoxy) is 2. The fourth-order valence-electron chi connectivity index (χ4n) is 2.85. The summed E-state index contributed by atoms with van der Waals surface area (Å²) in [6, 6.07) is 5.02. The van der Waals surface area contributed by atoms with Gasteiger partial charge in [0.15, 0.2) is 6.10 Å². The highest BCUT2D eigenvalue weighted by atomic mass is 16.5. The summed E-state index contributed by atoms with van der Waals surface area (Å²) in [4.78, 5) is 40.1. The van der Waals surface area contributed by atoms with Gasteiger partial charge in [0.25, 0.3) is 0 Å². The number of nitrogens with two attached hydrogens (primary N) is 1. The normalized spacial score (nSPS) is 11.7. The van der Waals surface area contributed by atoms with E-state index in [4.69, 9.17) is 15.2 Å². The van der Waals surface area contributed by atoms with Gasteiger partial charge >= 0.3 is 11.9 Å². The number of aryl methyl sites for hydroxylation is 2. The first-order valence-corrected chi connectivity index (χ1v) is 8.65. The number of nitrogen functional groups attached to an aromatic ring is 1. The summed E-state index contributed by atoms with van der Waals surface area (Å²) < 4.78 is 10.3.